The first-order valence-corrected chi connectivity index (χ1v) is 10.00. The summed E-state index contributed by atoms with van der Waals surface area (Å²) in [7, 11) is 0. The summed E-state index contributed by atoms with van der Waals surface area (Å²) in [6, 6.07) is 15.6. The minimum Gasteiger partial charge on any atom is -0.358 e. The Balaban J connectivity index is 1.99. The van der Waals surface area contributed by atoms with E-state index in [2.05, 4.69) is 10.5 Å². The second kappa shape index (κ2) is 7.48. The van der Waals surface area contributed by atoms with Crippen LogP contribution in [-0.2, 0) is 10.3 Å². The number of hydrogen-bond acceptors (Lipinski definition) is 4. The first-order valence-electron chi connectivity index (χ1n) is 9.62. The number of aliphatic imine (C=N–C) groups is 1. The predicted molar refractivity (Wildman–Crippen MR) is 114 cm³/mol. The summed E-state index contributed by atoms with van der Waals surface area (Å²) in [6.07, 6.45) is 0.160. The quantitative estimate of drug-likeness (QED) is 0.669. The summed E-state index contributed by atoms with van der Waals surface area (Å²) < 4.78 is 5.76. The van der Waals surface area contributed by atoms with Crippen LogP contribution in [0.2, 0.25) is 5.02 Å². The number of aromatic nitrogens is 1. The first kappa shape index (κ1) is 19.4. The molecule has 0 bridgehead atoms. The number of nitrogens with zero attached hydrogens (tertiary/aromatic N) is 2. The summed E-state index contributed by atoms with van der Waals surface area (Å²) in [5.74, 6) is 0.526. The van der Waals surface area contributed by atoms with Crippen LogP contribution in [0, 0.1) is 6.92 Å². The van der Waals surface area contributed by atoms with Gasteiger partial charge in [0.05, 0.1) is 23.4 Å². The van der Waals surface area contributed by atoms with E-state index in [-0.39, 0.29) is 12.3 Å². The molecule has 1 aliphatic heterocycles. The normalized spacial score (nSPS) is 17.7. The van der Waals surface area contributed by atoms with Crippen LogP contribution in [0.4, 0.5) is 0 Å². The Labute approximate surface area is 174 Å². The predicted octanol–water partition coefficient (Wildman–Crippen LogP) is 4.90. The molecule has 1 unspecified atom stereocenters. The third-order valence-electron chi connectivity index (χ3n) is 5.16. The van der Waals surface area contributed by atoms with Crippen LogP contribution >= 0.6 is 11.6 Å². The van der Waals surface area contributed by atoms with E-state index < -0.39 is 5.54 Å². The standard InChI is InChI=1S/C23H22ClN3O2/c1-4-25-19(28)13-23(3)22-20(14(2)27-29-22)17-7-5-6-8-18(17)21(26-23)15-9-11-16(24)12-10-15/h5-12H,4,13H2,1-3H3,(H,25,28). The minimum atomic E-state index is -0.899. The number of hydrogen-bond donors (Lipinski definition) is 1. The Morgan fingerprint density at radius 2 is 1.83 bits per heavy atom. The van der Waals surface area contributed by atoms with Gasteiger partial charge in [-0.1, -0.05) is 53.2 Å². The third-order valence-corrected chi connectivity index (χ3v) is 5.41. The van der Waals surface area contributed by atoms with Crippen LogP contribution in [-0.4, -0.2) is 23.3 Å². The lowest BCUT2D eigenvalue weighted by Gasteiger charge is -2.23. The molecule has 148 valence electrons. The lowest BCUT2D eigenvalue weighted by Crippen LogP contribution is -2.32. The fourth-order valence-electron chi connectivity index (χ4n) is 3.84. The van der Waals surface area contributed by atoms with Gasteiger partial charge in [0.2, 0.25) is 5.91 Å². The Morgan fingerprint density at radius 3 is 2.52 bits per heavy atom. The molecular formula is C23H22ClN3O2. The molecule has 0 radical (unpaired) electrons. The van der Waals surface area contributed by atoms with Gasteiger partial charge in [-0.05, 0) is 38.5 Å². The van der Waals surface area contributed by atoms with Crippen LogP contribution in [0.15, 0.2) is 58.0 Å². The molecule has 3 aromatic rings. The van der Waals surface area contributed by atoms with Gasteiger partial charge in [0.15, 0.2) is 5.76 Å². The van der Waals surface area contributed by atoms with E-state index in [0.29, 0.717) is 17.3 Å². The van der Waals surface area contributed by atoms with Crippen molar-refractivity contribution < 1.29 is 9.32 Å². The molecule has 2 heterocycles. The van der Waals surface area contributed by atoms with Gasteiger partial charge in [-0.3, -0.25) is 9.79 Å². The van der Waals surface area contributed by atoms with Gasteiger partial charge < -0.3 is 9.84 Å². The highest BCUT2D eigenvalue weighted by Gasteiger charge is 2.40. The fourth-order valence-corrected chi connectivity index (χ4v) is 3.97. The lowest BCUT2D eigenvalue weighted by atomic mass is 9.89. The number of carbonyl (C=O) groups excluding carboxylic acids is 1. The van der Waals surface area contributed by atoms with E-state index in [0.717, 1.165) is 33.7 Å². The van der Waals surface area contributed by atoms with Crippen LogP contribution in [0.3, 0.4) is 0 Å². The van der Waals surface area contributed by atoms with Gasteiger partial charge in [-0.2, -0.15) is 0 Å². The van der Waals surface area contributed by atoms with Crippen LogP contribution in [0.5, 0.6) is 0 Å². The molecule has 1 amide bonds. The van der Waals surface area contributed by atoms with E-state index >= 15 is 0 Å². The zero-order valence-electron chi connectivity index (χ0n) is 16.6. The molecule has 6 heteroatoms. The molecule has 5 nitrogen and oxygen atoms in total. The van der Waals surface area contributed by atoms with Crippen molar-refractivity contribution in [2.45, 2.75) is 32.7 Å². The molecule has 0 fully saturated rings. The Kier molecular flexibility index (Phi) is 5.01. The SMILES string of the molecule is CCNC(=O)CC1(C)N=C(c2ccc(Cl)cc2)c2ccccc2-c2c(C)noc21. The maximum absolute atomic E-state index is 12.5. The number of halogens is 1. The molecule has 0 spiro atoms. The van der Waals surface area contributed by atoms with Crippen LogP contribution in [0.1, 0.15) is 42.8 Å². The van der Waals surface area contributed by atoms with Gasteiger partial charge >= 0.3 is 0 Å². The summed E-state index contributed by atoms with van der Waals surface area (Å²) in [4.78, 5) is 17.7. The topological polar surface area (TPSA) is 67.5 Å². The van der Waals surface area contributed by atoms with E-state index in [1.54, 1.807) is 0 Å². The van der Waals surface area contributed by atoms with E-state index in [4.69, 9.17) is 21.1 Å². The van der Waals surface area contributed by atoms with Crippen molar-refractivity contribution in [3.63, 3.8) is 0 Å². The molecule has 29 heavy (non-hydrogen) atoms. The van der Waals surface area contributed by atoms with Gasteiger partial charge in [0, 0.05) is 22.7 Å². The smallest absolute Gasteiger partial charge is 0.222 e. The first-order chi connectivity index (χ1) is 13.9. The molecule has 0 saturated carbocycles. The lowest BCUT2D eigenvalue weighted by molar-refractivity contribution is -0.122. The molecule has 0 saturated heterocycles. The Bertz CT molecular complexity index is 1100. The Morgan fingerprint density at radius 1 is 1.14 bits per heavy atom. The van der Waals surface area contributed by atoms with Crippen LogP contribution in [0.25, 0.3) is 11.1 Å². The van der Waals surface area contributed by atoms with Crippen molar-refractivity contribution in [1.29, 1.82) is 0 Å². The van der Waals surface area contributed by atoms with E-state index in [1.807, 2.05) is 69.3 Å². The molecule has 1 aliphatic rings. The second-order valence-electron chi connectivity index (χ2n) is 7.39. The van der Waals surface area contributed by atoms with E-state index in [1.165, 1.54) is 0 Å². The zero-order valence-corrected chi connectivity index (χ0v) is 17.4. The minimum absolute atomic E-state index is 0.0832. The molecule has 1 atom stereocenters. The highest BCUT2D eigenvalue weighted by atomic mass is 35.5. The Hall–Kier alpha value is -2.92. The molecular weight excluding hydrogens is 386 g/mol. The number of fused-ring (bicyclic) bond motifs is 3. The fraction of sp³-hybridized carbons (Fsp3) is 0.261. The van der Waals surface area contributed by atoms with Gasteiger partial charge in [0.25, 0.3) is 0 Å². The summed E-state index contributed by atoms with van der Waals surface area (Å²) in [5, 5.41) is 7.74. The van der Waals surface area contributed by atoms with Crippen molar-refractivity contribution in [2.75, 3.05) is 6.54 Å². The van der Waals surface area contributed by atoms with Crippen molar-refractivity contribution >= 4 is 23.2 Å². The van der Waals surface area contributed by atoms with Crippen LogP contribution < -0.4 is 5.32 Å². The zero-order chi connectivity index (χ0) is 20.6. The summed E-state index contributed by atoms with van der Waals surface area (Å²) in [6.45, 7) is 6.30. The number of rotatable bonds is 4. The average molecular weight is 408 g/mol. The number of amides is 1. The number of benzene rings is 2. The maximum atomic E-state index is 12.5. The number of nitrogens with one attached hydrogen (secondary N) is 1. The summed E-state index contributed by atoms with van der Waals surface area (Å²) in [5.41, 5.74) is 4.48. The molecule has 4 rings (SSSR count). The molecule has 0 aliphatic carbocycles. The third kappa shape index (κ3) is 3.47. The van der Waals surface area contributed by atoms with Crippen molar-refractivity contribution in [3.8, 4) is 11.1 Å². The van der Waals surface area contributed by atoms with Crippen molar-refractivity contribution in [3.05, 3.63) is 76.1 Å². The number of carbonyl (C=O) groups is 1. The van der Waals surface area contributed by atoms with Gasteiger partial charge in [-0.15, -0.1) is 0 Å². The van der Waals surface area contributed by atoms with Crippen molar-refractivity contribution in [2.24, 2.45) is 4.99 Å². The average Bonchev–Trinajstić information content (AvgIpc) is 3.04. The summed E-state index contributed by atoms with van der Waals surface area (Å²) >= 11 is 6.10. The monoisotopic (exact) mass is 407 g/mol. The van der Waals surface area contributed by atoms with Gasteiger partial charge in [0.1, 0.15) is 5.54 Å². The van der Waals surface area contributed by atoms with E-state index in [9.17, 15) is 4.79 Å². The molecule has 1 aromatic heterocycles. The molecule has 2 aromatic carbocycles. The molecule has 1 N–H and O–H groups in total. The highest BCUT2D eigenvalue weighted by Crippen LogP contribution is 2.44. The maximum Gasteiger partial charge on any atom is 0.222 e. The highest BCUT2D eigenvalue weighted by molar-refractivity contribution is 6.30. The number of aryl methyl sites for hydroxylation is 1. The van der Waals surface area contributed by atoms with Gasteiger partial charge in [-0.25, -0.2) is 0 Å². The largest absolute Gasteiger partial charge is 0.358 e. The van der Waals surface area contributed by atoms with Crippen molar-refractivity contribution in [1.82, 2.24) is 10.5 Å². The second-order valence-corrected chi connectivity index (χ2v) is 7.83.